The van der Waals surface area contributed by atoms with Gasteiger partial charge in [-0.05, 0) is 24.6 Å². The number of anilines is 1. The number of thioether (sulfide) groups is 1. The van der Waals surface area contributed by atoms with Gasteiger partial charge in [0.25, 0.3) is 5.56 Å². The van der Waals surface area contributed by atoms with Crippen LogP contribution < -0.4 is 10.9 Å². The Morgan fingerprint density at radius 3 is 2.81 bits per heavy atom. The van der Waals surface area contributed by atoms with Crippen LogP contribution in [0.4, 0.5) is 10.3 Å². The van der Waals surface area contributed by atoms with Gasteiger partial charge in [-0.25, -0.2) is 14.4 Å². The molecule has 3 rings (SSSR count). The Morgan fingerprint density at radius 1 is 1.31 bits per heavy atom. The van der Waals surface area contributed by atoms with Crippen LogP contribution >= 0.6 is 11.8 Å². The molecule has 1 aromatic carbocycles. The molecule has 2 heterocycles. The summed E-state index contributed by atoms with van der Waals surface area (Å²) >= 11 is 1.78. The zero-order chi connectivity index (χ0) is 18.4. The molecule has 0 bridgehead atoms. The van der Waals surface area contributed by atoms with Gasteiger partial charge in [0.05, 0.1) is 6.04 Å². The number of aromatic nitrogens is 2. The minimum Gasteiger partial charge on any atom is -0.355 e. The molecule has 1 aromatic heterocycles. The number of halogens is 1. The molecular weight excluding hydrogens is 353 g/mol. The summed E-state index contributed by atoms with van der Waals surface area (Å²) < 4.78 is 12.9. The molecule has 0 saturated carbocycles. The monoisotopic (exact) mass is 373 g/mol. The van der Waals surface area contributed by atoms with Gasteiger partial charge in [-0.15, -0.1) is 0 Å². The lowest BCUT2D eigenvalue weighted by molar-refractivity contribution is 0.627. The predicted molar refractivity (Wildman–Crippen MR) is 105 cm³/mol. The van der Waals surface area contributed by atoms with Crippen LogP contribution in [0.5, 0.6) is 0 Å². The van der Waals surface area contributed by atoms with Gasteiger partial charge < -0.3 is 5.32 Å². The second-order valence-electron chi connectivity index (χ2n) is 5.94. The van der Waals surface area contributed by atoms with E-state index in [0.717, 1.165) is 22.8 Å². The van der Waals surface area contributed by atoms with Crippen LogP contribution in [-0.2, 0) is 6.42 Å². The highest BCUT2D eigenvalue weighted by Gasteiger charge is 2.13. The number of aromatic amines is 1. The van der Waals surface area contributed by atoms with E-state index in [2.05, 4.69) is 25.3 Å². The lowest BCUT2D eigenvalue weighted by atomic mass is 10.1. The maximum absolute atomic E-state index is 12.9. The minimum absolute atomic E-state index is 0.184. The first-order chi connectivity index (χ1) is 12.6. The van der Waals surface area contributed by atoms with Gasteiger partial charge in [0, 0.05) is 41.9 Å². The molecule has 136 valence electrons. The average molecular weight is 373 g/mol. The molecule has 6 nitrogen and oxygen atoms in total. The molecule has 1 unspecified atom stereocenters. The first-order valence-corrected chi connectivity index (χ1v) is 9.47. The normalized spacial score (nSPS) is 15.9. The second-order valence-corrected chi connectivity index (χ2v) is 7.09. The van der Waals surface area contributed by atoms with Crippen LogP contribution in [0.2, 0.25) is 0 Å². The lowest BCUT2D eigenvalue weighted by Crippen LogP contribution is -2.19. The van der Waals surface area contributed by atoms with Crippen molar-refractivity contribution in [3.8, 4) is 0 Å². The van der Waals surface area contributed by atoms with E-state index >= 15 is 0 Å². The van der Waals surface area contributed by atoms with E-state index in [9.17, 15) is 9.18 Å². The van der Waals surface area contributed by atoms with E-state index in [1.54, 1.807) is 36.4 Å². The Balaban J connectivity index is 1.45. The van der Waals surface area contributed by atoms with E-state index < -0.39 is 0 Å². The van der Waals surface area contributed by atoms with Gasteiger partial charge >= 0.3 is 0 Å². The lowest BCUT2D eigenvalue weighted by Gasteiger charge is -2.09. The SMILES string of the molecule is CC1=NC=NC1CSCCNc1ncc(Cc2ccc(F)cc2)c(=O)[nH]1. The summed E-state index contributed by atoms with van der Waals surface area (Å²) in [5.41, 5.74) is 2.27. The van der Waals surface area contributed by atoms with Crippen LogP contribution in [0.3, 0.4) is 0 Å². The van der Waals surface area contributed by atoms with Crippen molar-refractivity contribution in [2.45, 2.75) is 19.4 Å². The summed E-state index contributed by atoms with van der Waals surface area (Å²) in [6.07, 6.45) is 3.59. The molecule has 0 amide bonds. The molecule has 1 aliphatic rings. The summed E-state index contributed by atoms with van der Waals surface area (Å²) in [5.74, 6) is 1.93. The van der Waals surface area contributed by atoms with Crippen molar-refractivity contribution in [1.29, 1.82) is 0 Å². The molecule has 8 heteroatoms. The van der Waals surface area contributed by atoms with E-state index in [-0.39, 0.29) is 17.4 Å². The van der Waals surface area contributed by atoms with E-state index in [0.29, 0.717) is 24.5 Å². The number of benzene rings is 1. The first kappa shape index (κ1) is 18.3. The highest BCUT2D eigenvalue weighted by Crippen LogP contribution is 2.11. The highest BCUT2D eigenvalue weighted by molar-refractivity contribution is 7.99. The van der Waals surface area contributed by atoms with Crippen molar-refractivity contribution in [3.63, 3.8) is 0 Å². The quantitative estimate of drug-likeness (QED) is 0.697. The second kappa shape index (κ2) is 8.75. The van der Waals surface area contributed by atoms with E-state index in [1.807, 2.05) is 6.92 Å². The summed E-state index contributed by atoms with van der Waals surface area (Å²) in [6, 6.07) is 6.28. The molecule has 0 radical (unpaired) electrons. The van der Waals surface area contributed by atoms with Crippen molar-refractivity contribution in [1.82, 2.24) is 9.97 Å². The fraction of sp³-hybridized carbons (Fsp3) is 0.333. The number of rotatable bonds is 8. The Hall–Kier alpha value is -2.48. The third-order valence-electron chi connectivity index (χ3n) is 3.99. The molecule has 2 N–H and O–H groups in total. The third kappa shape index (κ3) is 5.01. The zero-order valence-electron chi connectivity index (χ0n) is 14.4. The summed E-state index contributed by atoms with van der Waals surface area (Å²) in [6.45, 7) is 2.68. The van der Waals surface area contributed by atoms with Gasteiger partial charge in [0.2, 0.25) is 5.95 Å². The number of nitrogens with zero attached hydrogens (tertiary/aromatic N) is 3. The van der Waals surface area contributed by atoms with Crippen molar-refractivity contribution >= 4 is 29.8 Å². The number of hydrogen-bond donors (Lipinski definition) is 2. The molecule has 26 heavy (non-hydrogen) atoms. The van der Waals surface area contributed by atoms with Crippen LogP contribution in [0.25, 0.3) is 0 Å². The van der Waals surface area contributed by atoms with Crippen LogP contribution in [0, 0.1) is 5.82 Å². The Morgan fingerprint density at radius 2 is 2.12 bits per heavy atom. The molecule has 1 aliphatic heterocycles. The van der Waals surface area contributed by atoms with E-state index in [1.165, 1.54) is 12.1 Å². The van der Waals surface area contributed by atoms with Crippen LogP contribution in [-0.4, -0.2) is 46.1 Å². The van der Waals surface area contributed by atoms with Gasteiger partial charge in [-0.2, -0.15) is 11.8 Å². The average Bonchev–Trinajstić information content (AvgIpc) is 3.04. The smallest absolute Gasteiger partial charge is 0.255 e. The minimum atomic E-state index is -0.291. The summed E-state index contributed by atoms with van der Waals surface area (Å²) in [5, 5.41) is 3.11. The van der Waals surface area contributed by atoms with Crippen LogP contribution in [0.15, 0.2) is 45.2 Å². The molecule has 0 aliphatic carbocycles. The molecule has 0 fully saturated rings. The number of aliphatic imine (C=N–C) groups is 2. The van der Waals surface area contributed by atoms with Gasteiger partial charge in [0.1, 0.15) is 12.2 Å². The predicted octanol–water partition coefficient (Wildman–Crippen LogP) is 2.52. The van der Waals surface area contributed by atoms with E-state index in [4.69, 9.17) is 0 Å². The largest absolute Gasteiger partial charge is 0.355 e. The highest BCUT2D eigenvalue weighted by atomic mass is 32.2. The van der Waals surface area contributed by atoms with Gasteiger partial charge in [-0.1, -0.05) is 12.1 Å². The maximum Gasteiger partial charge on any atom is 0.255 e. The summed E-state index contributed by atoms with van der Waals surface area (Å²) in [4.78, 5) is 27.6. The Labute approximate surface area is 155 Å². The van der Waals surface area contributed by atoms with Crippen LogP contribution in [0.1, 0.15) is 18.1 Å². The van der Waals surface area contributed by atoms with Crippen molar-refractivity contribution in [2.75, 3.05) is 23.4 Å². The first-order valence-electron chi connectivity index (χ1n) is 8.32. The fourth-order valence-corrected chi connectivity index (χ4v) is 3.42. The molecular formula is C18H20FN5OS. The zero-order valence-corrected chi connectivity index (χ0v) is 15.2. The third-order valence-corrected chi connectivity index (χ3v) is 5.03. The Kier molecular flexibility index (Phi) is 6.17. The summed E-state index contributed by atoms with van der Waals surface area (Å²) in [7, 11) is 0. The number of nitrogens with one attached hydrogen (secondary N) is 2. The Bertz CT molecular complexity index is 863. The number of H-pyrrole nitrogens is 1. The van der Waals surface area contributed by atoms with Crippen molar-refractivity contribution in [2.24, 2.45) is 9.98 Å². The molecule has 2 aromatic rings. The van der Waals surface area contributed by atoms with Gasteiger partial charge in [-0.3, -0.25) is 14.8 Å². The molecule has 0 spiro atoms. The molecule has 0 saturated heterocycles. The van der Waals surface area contributed by atoms with Crippen molar-refractivity contribution < 1.29 is 4.39 Å². The van der Waals surface area contributed by atoms with Crippen molar-refractivity contribution in [3.05, 3.63) is 57.8 Å². The van der Waals surface area contributed by atoms with Gasteiger partial charge in [0.15, 0.2) is 0 Å². The number of hydrogen-bond acceptors (Lipinski definition) is 6. The maximum atomic E-state index is 12.9. The topological polar surface area (TPSA) is 82.5 Å². The molecule has 1 atom stereocenters. The fourth-order valence-electron chi connectivity index (χ4n) is 2.46. The standard InChI is InChI=1S/C18H20FN5OS/c1-12-16(23-11-22-12)10-26-7-6-20-18-21-9-14(17(25)24-18)8-13-2-4-15(19)5-3-13/h2-5,9,11,16H,6-8,10H2,1H3,(H2,20,21,24,25).